The molecule has 3 rings (SSSR count). The Morgan fingerprint density at radius 2 is 1.92 bits per heavy atom. The summed E-state index contributed by atoms with van der Waals surface area (Å²) in [6, 6.07) is 12.7. The number of nitrogens with one attached hydrogen (secondary N) is 1. The van der Waals surface area contributed by atoms with Crippen LogP contribution in [0.1, 0.15) is 17.2 Å². The molecule has 0 radical (unpaired) electrons. The zero-order valence-electron chi connectivity index (χ0n) is 13.3. The number of nitrogens with zero attached hydrogens (tertiary/aromatic N) is 1. The highest BCUT2D eigenvalue weighted by molar-refractivity contribution is 7.89. The van der Waals surface area contributed by atoms with Crippen LogP contribution in [0.15, 0.2) is 53.4 Å². The van der Waals surface area contributed by atoms with Gasteiger partial charge in [-0.25, -0.2) is 12.8 Å². The van der Waals surface area contributed by atoms with Gasteiger partial charge in [-0.2, -0.15) is 4.31 Å². The van der Waals surface area contributed by atoms with Crippen LogP contribution >= 0.6 is 12.4 Å². The molecule has 24 heavy (non-hydrogen) atoms. The van der Waals surface area contributed by atoms with E-state index in [0.717, 1.165) is 0 Å². The van der Waals surface area contributed by atoms with Gasteiger partial charge < -0.3 is 5.32 Å². The lowest BCUT2D eigenvalue weighted by Gasteiger charge is -2.35. The van der Waals surface area contributed by atoms with E-state index >= 15 is 0 Å². The summed E-state index contributed by atoms with van der Waals surface area (Å²) in [7, 11) is -3.63. The Morgan fingerprint density at radius 3 is 2.62 bits per heavy atom. The summed E-state index contributed by atoms with van der Waals surface area (Å²) in [5.41, 5.74) is 1.37. The van der Waals surface area contributed by atoms with Crippen LogP contribution in [-0.2, 0) is 10.0 Å². The summed E-state index contributed by atoms with van der Waals surface area (Å²) in [5.74, 6) is -0.360. The molecule has 0 aromatic heterocycles. The van der Waals surface area contributed by atoms with E-state index in [9.17, 15) is 12.8 Å². The lowest BCUT2D eigenvalue weighted by Crippen LogP contribution is -2.48. The predicted molar refractivity (Wildman–Crippen MR) is 94.3 cm³/mol. The van der Waals surface area contributed by atoms with Crippen molar-refractivity contribution >= 4 is 22.4 Å². The molecule has 2 aromatic carbocycles. The number of rotatable bonds is 3. The molecule has 130 valence electrons. The van der Waals surface area contributed by atoms with Crippen molar-refractivity contribution < 1.29 is 12.8 Å². The molecular formula is C17H20ClFN2O2S. The number of halogens is 2. The van der Waals surface area contributed by atoms with Crippen LogP contribution in [0.5, 0.6) is 0 Å². The summed E-state index contributed by atoms with van der Waals surface area (Å²) in [4.78, 5) is 0.309. The molecule has 1 saturated heterocycles. The Balaban J connectivity index is 0.00000208. The second-order valence-electron chi connectivity index (χ2n) is 5.66. The maximum absolute atomic E-state index is 13.5. The van der Waals surface area contributed by atoms with Gasteiger partial charge in [0.1, 0.15) is 5.82 Å². The Bertz CT molecular complexity index is 814. The quantitative estimate of drug-likeness (QED) is 0.903. The lowest BCUT2D eigenvalue weighted by atomic mass is 10.1. The zero-order valence-corrected chi connectivity index (χ0v) is 14.9. The van der Waals surface area contributed by atoms with Crippen LogP contribution in [0, 0.1) is 12.7 Å². The molecule has 0 amide bonds. The Hall–Kier alpha value is -1.47. The number of aryl methyl sites for hydroxylation is 1. The molecule has 2 aromatic rings. The number of hydrogen-bond acceptors (Lipinski definition) is 3. The van der Waals surface area contributed by atoms with Crippen LogP contribution in [-0.4, -0.2) is 32.4 Å². The third-order valence-electron chi connectivity index (χ3n) is 4.11. The molecule has 1 N–H and O–H groups in total. The van der Waals surface area contributed by atoms with Crippen LogP contribution in [0.25, 0.3) is 0 Å². The van der Waals surface area contributed by atoms with E-state index in [2.05, 4.69) is 5.32 Å². The van der Waals surface area contributed by atoms with Crippen molar-refractivity contribution in [1.29, 1.82) is 0 Å². The highest BCUT2D eigenvalue weighted by Crippen LogP contribution is 2.30. The van der Waals surface area contributed by atoms with Gasteiger partial charge in [0.2, 0.25) is 10.0 Å². The average molecular weight is 371 g/mol. The minimum absolute atomic E-state index is 0. The summed E-state index contributed by atoms with van der Waals surface area (Å²) in [5, 5.41) is 3.19. The average Bonchev–Trinajstić information content (AvgIpc) is 2.55. The fourth-order valence-electron chi connectivity index (χ4n) is 2.94. The van der Waals surface area contributed by atoms with E-state index in [1.165, 1.54) is 16.4 Å². The topological polar surface area (TPSA) is 49.4 Å². The van der Waals surface area contributed by atoms with E-state index in [1.54, 1.807) is 37.3 Å². The van der Waals surface area contributed by atoms with E-state index in [0.29, 0.717) is 35.7 Å². The van der Waals surface area contributed by atoms with Crippen molar-refractivity contribution in [1.82, 2.24) is 9.62 Å². The fourth-order valence-corrected chi connectivity index (χ4v) is 4.78. The minimum atomic E-state index is -3.63. The first-order valence-electron chi connectivity index (χ1n) is 7.54. The Labute approximate surface area is 148 Å². The molecule has 1 unspecified atom stereocenters. The van der Waals surface area contributed by atoms with Gasteiger partial charge in [0.15, 0.2) is 0 Å². The molecule has 4 nitrogen and oxygen atoms in total. The SMILES string of the molecule is Cc1ccccc1S(=O)(=O)N1CCNCC1c1cccc(F)c1.Cl. The summed E-state index contributed by atoms with van der Waals surface area (Å²) < 4.78 is 41.2. The molecule has 0 bridgehead atoms. The molecule has 0 spiro atoms. The van der Waals surface area contributed by atoms with Gasteiger partial charge in [-0.15, -0.1) is 12.4 Å². The van der Waals surface area contributed by atoms with Crippen LogP contribution in [0.4, 0.5) is 4.39 Å². The molecule has 7 heteroatoms. The van der Waals surface area contributed by atoms with Crippen molar-refractivity contribution in [2.75, 3.05) is 19.6 Å². The van der Waals surface area contributed by atoms with Gasteiger partial charge in [0.25, 0.3) is 0 Å². The molecule has 0 aliphatic carbocycles. The first-order chi connectivity index (χ1) is 11.0. The molecule has 1 aliphatic rings. The maximum Gasteiger partial charge on any atom is 0.243 e. The van der Waals surface area contributed by atoms with Crippen LogP contribution in [0.3, 0.4) is 0 Å². The predicted octanol–water partition coefficient (Wildman–Crippen LogP) is 2.89. The smallest absolute Gasteiger partial charge is 0.243 e. The summed E-state index contributed by atoms with van der Waals surface area (Å²) in [6.45, 7) is 3.19. The van der Waals surface area contributed by atoms with Crippen LogP contribution < -0.4 is 5.32 Å². The van der Waals surface area contributed by atoms with E-state index in [1.807, 2.05) is 6.07 Å². The summed E-state index contributed by atoms with van der Waals surface area (Å²) >= 11 is 0. The highest BCUT2D eigenvalue weighted by Gasteiger charge is 2.35. The first-order valence-corrected chi connectivity index (χ1v) is 8.98. The zero-order chi connectivity index (χ0) is 16.4. The van der Waals surface area contributed by atoms with E-state index < -0.39 is 16.1 Å². The largest absolute Gasteiger partial charge is 0.313 e. The van der Waals surface area contributed by atoms with Gasteiger partial charge in [-0.05, 0) is 36.2 Å². The number of benzene rings is 2. The van der Waals surface area contributed by atoms with Crippen LogP contribution in [0.2, 0.25) is 0 Å². The van der Waals surface area contributed by atoms with Gasteiger partial charge in [0.05, 0.1) is 10.9 Å². The molecule has 1 heterocycles. The van der Waals surface area contributed by atoms with E-state index in [4.69, 9.17) is 0 Å². The van der Waals surface area contributed by atoms with Crippen molar-refractivity contribution in [2.45, 2.75) is 17.9 Å². The number of sulfonamides is 1. The fraction of sp³-hybridized carbons (Fsp3) is 0.294. The van der Waals surface area contributed by atoms with E-state index in [-0.39, 0.29) is 18.2 Å². The number of hydrogen-bond donors (Lipinski definition) is 1. The lowest BCUT2D eigenvalue weighted by molar-refractivity contribution is 0.271. The van der Waals surface area contributed by atoms with Crippen molar-refractivity contribution in [2.24, 2.45) is 0 Å². The Kier molecular flexibility index (Phi) is 5.98. The third-order valence-corrected chi connectivity index (χ3v) is 6.18. The molecule has 1 aliphatic heterocycles. The molecule has 1 atom stereocenters. The highest BCUT2D eigenvalue weighted by atomic mass is 35.5. The van der Waals surface area contributed by atoms with Gasteiger partial charge in [0, 0.05) is 19.6 Å². The summed E-state index contributed by atoms with van der Waals surface area (Å²) in [6.07, 6.45) is 0. The number of piperazine rings is 1. The molecule has 0 saturated carbocycles. The molecule has 1 fully saturated rings. The normalized spacial score (nSPS) is 18.8. The van der Waals surface area contributed by atoms with Crippen molar-refractivity contribution in [3.05, 3.63) is 65.5 Å². The maximum atomic E-state index is 13.5. The Morgan fingerprint density at radius 1 is 1.17 bits per heavy atom. The second kappa shape index (κ2) is 7.61. The molecular weight excluding hydrogens is 351 g/mol. The van der Waals surface area contributed by atoms with Crippen molar-refractivity contribution in [3.63, 3.8) is 0 Å². The van der Waals surface area contributed by atoms with Gasteiger partial charge in [-0.1, -0.05) is 30.3 Å². The van der Waals surface area contributed by atoms with Gasteiger partial charge >= 0.3 is 0 Å². The third kappa shape index (κ3) is 3.62. The monoisotopic (exact) mass is 370 g/mol. The second-order valence-corrected chi connectivity index (χ2v) is 7.52. The first kappa shape index (κ1) is 18.9. The standard InChI is InChI=1S/C17H19FN2O2S.ClH/c1-13-5-2-3-8-17(13)23(21,22)20-10-9-19-12-16(20)14-6-4-7-15(18)11-14;/h2-8,11,16,19H,9-10,12H2,1H3;1H. The van der Waals surface area contributed by atoms with Gasteiger partial charge in [-0.3, -0.25) is 0 Å². The minimum Gasteiger partial charge on any atom is -0.313 e. The van der Waals surface area contributed by atoms with Crippen molar-refractivity contribution in [3.8, 4) is 0 Å².